The fraction of sp³-hybridized carbons (Fsp3) is 0.211. The van der Waals surface area contributed by atoms with Gasteiger partial charge in [0.1, 0.15) is 23.0 Å². The Labute approximate surface area is 267 Å². The van der Waals surface area contributed by atoms with Gasteiger partial charge in [-0.3, -0.25) is 20.2 Å². The second-order valence-electron chi connectivity index (χ2n) is 11.7. The first-order valence-corrected chi connectivity index (χ1v) is 15.5. The van der Waals surface area contributed by atoms with Crippen molar-refractivity contribution >= 4 is 11.4 Å². The number of ether oxygens (including phenoxy) is 2. The van der Waals surface area contributed by atoms with E-state index in [-0.39, 0.29) is 16.8 Å². The highest BCUT2D eigenvalue weighted by Gasteiger charge is 2.39. The summed E-state index contributed by atoms with van der Waals surface area (Å²) in [4.78, 5) is 21.1. The van der Waals surface area contributed by atoms with Gasteiger partial charge in [-0.15, -0.1) is 0 Å². The van der Waals surface area contributed by atoms with Crippen LogP contribution in [0, 0.1) is 20.2 Å². The summed E-state index contributed by atoms with van der Waals surface area (Å²) in [7, 11) is 0. The second-order valence-corrected chi connectivity index (χ2v) is 11.7. The van der Waals surface area contributed by atoms with Crippen molar-refractivity contribution in [1.29, 1.82) is 0 Å². The predicted octanol–water partition coefficient (Wildman–Crippen LogP) is 10.3. The highest BCUT2D eigenvalue weighted by atomic mass is 16.6. The van der Waals surface area contributed by atoms with Crippen molar-refractivity contribution in [3.8, 4) is 23.0 Å². The molecule has 8 heteroatoms. The van der Waals surface area contributed by atoms with Crippen LogP contribution in [-0.2, 0) is 11.8 Å². The third-order valence-electron chi connectivity index (χ3n) is 9.08. The molecule has 46 heavy (non-hydrogen) atoms. The van der Waals surface area contributed by atoms with Gasteiger partial charge < -0.3 is 9.47 Å². The predicted molar refractivity (Wildman–Crippen MR) is 177 cm³/mol. The molecule has 5 aromatic rings. The summed E-state index contributed by atoms with van der Waals surface area (Å²) >= 11 is 0. The fourth-order valence-electron chi connectivity index (χ4n) is 6.44. The quantitative estimate of drug-likeness (QED) is 0.114. The van der Waals surface area contributed by atoms with Gasteiger partial charge in [-0.25, -0.2) is 0 Å². The van der Waals surface area contributed by atoms with Crippen LogP contribution in [0.15, 0.2) is 121 Å². The van der Waals surface area contributed by atoms with Crippen molar-refractivity contribution in [2.75, 3.05) is 0 Å². The molecule has 1 saturated carbocycles. The zero-order chi connectivity index (χ0) is 32.1. The maximum atomic E-state index is 11.0. The Morgan fingerprint density at radius 3 is 1.30 bits per heavy atom. The van der Waals surface area contributed by atoms with Crippen LogP contribution in [0.3, 0.4) is 0 Å². The summed E-state index contributed by atoms with van der Waals surface area (Å²) in [5, 5.41) is 22.0. The topological polar surface area (TPSA) is 105 Å². The molecule has 0 unspecified atom stereocenters. The van der Waals surface area contributed by atoms with E-state index >= 15 is 0 Å². The summed E-state index contributed by atoms with van der Waals surface area (Å²) in [6.45, 7) is 2.18. The van der Waals surface area contributed by atoms with Crippen LogP contribution in [0.4, 0.5) is 11.4 Å². The van der Waals surface area contributed by atoms with Crippen molar-refractivity contribution in [3.63, 3.8) is 0 Å². The number of rotatable bonds is 10. The summed E-state index contributed by atoms with van der Waals surface area (Å²) in [6, 6.07) is 37.5. The standard InChI is InChI=1S/C38H34N2O6/c1-2-27-3-5-28(6-4-27)29-23-25-38(26-24-29,30-7-15-34(16-8-30)45-36-19-11-32(12-20-36)39(41)42)31-9-17-35(18-10-31)46-37-21-13-33(14-22-37)40(43)44/h3-22,29H,2,23-26H2,1H3. The lowest BCUT2D eigenvalue weighted by Gasteiger charge is -2.41. The molecule has 1 fully saturated rings. The molecule has 6 rings (SSSR count). The zero-order valence-electron chi connectivity index (χ0n) is 25.5. The Bertz CT molecular complexity index is 1690. The molecule has 8 nitrogen and oxygen atoms in total. The number of aryl methyl sites for hydroxylation is 1. The van der Waals surface area contributed by atoms with Gasteiger partial charge >= 0.3 is 0 Å². The third-order valence-corrected chi connectivity index (χ3v) is 9.08. The summed E-state index contributed by atoms with van der Waals surface area (Å²) in [5.41, 5.74) is 4.97. The minimum Gasteiger partial charge on any atom is -0.457 e. The van der Waals surface area contributed by atoms with Crippen LogP contribution in [0.2, 0.25) is 0 Å². The van der Waals surface area contributed by atoms with E-state index < -0.39 is 9.85 Å². The molecule has 0 saturated heterocycles. The van der Waals surface area contributed by atoms with Gasteiger partial charge in [-0.05, 0) is 109 Å². The summed E-state index contributed by atoms with van der Waals surface area (Å²) < 4.78 is 12.0. The Balaban J connectivity index is 1.25. The van der Waals surface area contributed by atoms with Gasteiger partial charge in [-0.2, -0.15) is 0 Å². The molecular formula is C38H34N2O6. The van der Waals surface area contributed by atoms with E-state index in [9.17, 15) is 20.2 Å². The number of benzene rings is 5. The maximum Gasteiger partial charge on any atom is 0.269 e. The van der Waals surface area contributed by atoms with Crippen LogP contribution < -0.4 is 9.47 Å². The first-order valence-electron chi connectivity index (χ1n) is 15.5. The minimum atomic E-state index is -0.429. The van der Waals surface area contributed by atoms with Crippen molar-refractivity contribution in [3.05, 3.63) is 164 Å². The van der Waals surface area contributed by atoms with Gasteiger partial charge in [0.15, 0.2) is 0 Å². The Morgan fingerprint density at radius 1 is 0.587 bits per heavy atom. The lowest BCUT2D eigenvalue weighted by molar-refractivity contribution is -0.385. The highest BCUT2D eigenvalue weighted by molar-refractivity contribution is 5.47. The first-order chi connectivity index (χ1) is 22.3. The van der Waals surface area contributed by atoms with Gasteiger partial charge in [0.05, 0.1) is 9.85 Å². The molecule has 1 aliphatic carbocycles. The Kier molecular flexibility index (Phi) is 8.79. The molecule has 1 aliphatic rings. The van der Waals surface area contributed by atoms with Crippen LogP contribution in [-0.4, -0.2) is 9.85 Å². The van der Waals surface area contributed by atoms with Crippen LogP contribution in [0.5, 0.6) is 23.0 Å². The van der Waals surface area contributed by atoms with Gasteiger partial charge in [0.2, 0.25) is 0 Å². The molecule has 232 valence electrons. The van der Waals surface area contributed by atoms with Gasteiger partial charge in [0.25, 0.3) is 11.4 Å². The molecule has 0 aromatic heterocycles. The molecule has 5 aromatic carbocycles. The summed E-state index contributed by atoms with van der Waals surface area (Å²) in [5.74, 6) is 2.87. The van der Waals surface area contributed by atoms with Gasteiger partial charge in [0, 0.05) is 29.7 Å². The fourth-order valence-corrected chi connectivity index (χ4v) is 6.44. The van der Waals surface area contributed by atoms with Crippen LogP contribution in [0.25, 0.3) is 0 Å². The van der Waals surface area contributed by atoms with E-state index in [0.29, 0.717) is 28.9 Å². The molecule has 0 spiro atoms. The number of hydrogen-bond acceptors (Lipinski definition) is 6. The molecule has 0 atom stereocenters. The average Bonchev–Trinajstić information content (AvgIpc) is 3.09. The van der Waals surface area contributed by atoms with E-state index in [2.05, 4.69) is 55.5 Å². The Morgan fingerprint density at radius 2 is 0.957 bits per heavy atom. The number of nitro groups is 2. The van der Waals surface area contributed by atoms with Crippen molar-refractivity contribution in [1.82, 2.24) is 0 Å². The van der Waals surface area contributed by atoms with Crippen molar-refractivity contribution in [2.45, 2.75) is 50.4 Å². The third kappa shape index (κ3) is 6.61. The highest BCUT2D eigenvalue weighted by Crippen LogP contribution is 2.49. The van der Waals surface area contributed by atoms with E-state index in [4.69, 9.17) is 9.47 Å². The molecule has 0 aliphatic heterocycles. The summed E-state index contributed by atoms with van der Waals surface area (Å²) in [6.07, 6.45) is 5.07. The number of hydrogen-bond donors (Lipinski definition) is 0. The first kappa shape index (κ1) is 30.5. The van der Waals surface area contributed by atoms with Crippen LogP contribution in [0.1, 0.15) is 60.8 Å². The van der Waals surface area contributed by atoms with Crippen molar-refractivity contribution < 1.29 is 19.3 Å². The maximum absolute atomic E-state index is 11.0. The van der Waals surface area contributed by atoms with E-state index in [1.807, 2.05) is 24.3 Å². The van der Waals surface area contributed by atoms with Crippen molar-refractivity contribution in [2.24, 2.45) is 0 Å². The second kappa shape index (κ2) is 13.2. The normalized spacial score (nSPS) is 14.4. The van der Waals surface area contributed by atoms with E-state index in [1.165, 1.54) is 46.5 Å². The molecule has 0 heterocycles. The van der Waals surface area contributed by atoms with Crippen LogP contribution >= 0.6 is 0 Å². The van der Waals surface area contributed by atoms with E-state index in [1.54, 1.807) is 24.3 Å². The smallest absolute Gasteiger partial charge is 0.269 e. The lowest BCUT2D eigenvalue weighted by Crippen LogP contribution is -2.32. The average molecular weight is 615 g/mol. The molecule has 0 amide bonds. The zero-order valence-corrected chi connectivity index (χ0v) is 25.5. The number of nitrogens with zero attached hydrogens (tertiary/aromatic N) is 2. The number of non-ortho nitro benzene ring substituents is 2. The monoisotopic (exact) mass is 614 g/mol. The van der Waals surface area contributed by atoms with Gasteiger partial charge in [-0.1, -0.05) is 55.5 Å². The molecule has 0 bridgehead atoms. The Hall–Kier alpha value is -5.50. The number of nitro benzene ring substituents is 2. The largest absolute Gasteiger partial charge is 0.457 e. The minimum absolute atomic E-state index is 0.0192. The SMILES string of the molecule is CCc1ccc(C2CCC(c3ccc(Oc4ccc([N+](=O)[O-])cc4)cc3)(c3ccc(Oc4ccc([N+](=O)[O-])cc4)cc3)CC2)cc1. The lowest BCUT2D eigenvalue weighted by atomic mass is 9.62. The van der Waals surface area contributed by atoms with E-state index in [0.717, 1.165) is 32.1 Å². The molecule has 0 N–H and O–H groups in total. The molecular weight excluding hydrogens is 580 g/mol. The molecule has 0 radical (unpaired) electrons.